The molecular weight excluding hydrogens is 155 g/mol. The van der Waals surface area contributed by atoms with Crippen molar-refractivity contribution in [2.75, 3.05) is 0 Å². The van der Waals surface area contributed by atoms with Gasteiger partial charge in [0.05, 0.1) is 0 Å². The fourth-order valence-electron chi connectivity index (χ4n) is 0.0224. The van der Waals surface area contributed by atoms with Crippen LogP contribution in [0.2, 0.25) is 0 Å². The molecule has 0 saturated carbocycles. The van der Waals surface area contributed by atoms with Crippen LogP contribution in [0.1, 0.15) is 0 Å². The van der Waals surface area contributed by atoms with Crippen LogP contribution in [0.25, 0.3) is 10.4 Å². The van der Waals surface area contributed by atoms with E-state index in [-0.39, 0.29) is 32.7 Å². The Bertz CT molecular complexity index is 95.9. The molecule has 0 aliphatic carbocycles. The Morgan fingerprint density at radius 3 is 2.33 bits per heavy atom. The van der Waals surface area contributed by atoms with Crippen LogP contribution >= 0.6 is 0 Å². The van der Waals surface area contributed by atoms with Crippen LogP contribution < -0.4 is 0 Å². The van der Waals surface area contributed by atoms with E-state index in [1.54, 1.807) is 0 Å². The van der Waals surface area contributed by atoms with Gasteiger partial charge in [-0.15, -0.1) is 0 Å². The minimum absolute atomic E-state index is 0. The van der Waals surface area contributed by atoms with Crippen molar-refractivity contribution in [1.82, 2.24) is 0 Å². The van der Waals surface area contributed by atoms with Crippen molar-refractivity contribution in [1.29, 1.82) is 0 Å². The normalized spacial score (nSPS) is 3.17. The topological polar surface area (TPSA) is 39.0 Å². The molecule has 0 aliphatic heterocycles. The van der Waals surface area contributed by atoms with Gasteiger partial charge in [-0.1, -0.05) is 11.1 Å². The van der Waals surface area contributed by atoms with Crippen molar-refractivity contribution >= 4 is 6.01 Å². The second kappa shape index (κ2) is 8.88. The molecule has 1 radical (unpaired) electrons. The molecule has 0 saturated heterocycles. The zero-order chi connectivity index (χ0) is 4.12. The molecule has 0 aromatic rings. The summed E-state index contributed by atoms with van der Waals surface area (Å²) in [6, 6.07) is 1.29. The number of rotatable bonds is 0. The van der Waals surface area contributed by atoms with Crippen molar-refractivity contribution in [3.63, 3.8) is 0 Å². The Morgan fingerprint density at radius 2 is 2.33 bits per heavy atom. The van der Waals surface area contributed by atoms with E-state index in [9.17, 15) is 0 Å². The zero-order valence-electron chi connectivity index (χ0n) is 2.92. The summed E-state index contributed by atoms with van der Waals surface area (Å²) < 4.78 is 0. The summed E-state index contributed by atoms with van der Waals surface area (Å²) in [5.41, 5.74) is 0. The average molecular weight is 155 g/mol. The van der Waals surface area contributed by atoms with Gasteiger partial charge in [-0.3, -0.25) is 0 Å². The number of nitrogens with zero attached hydrogens (tertiary/aromatic N) is 3. The van der Waals surface area contributed by atoms with E-state index in [1.807, 2.05) is 0 Å². The predicted molar refractivity (Wildman–Crippen MR) is 17.4 cm³/mol. The van der Waals surface area contributed by atoms with Crippen molar-refractivity contribution < 1.29 is 32.7 Å². The molecule has 0 fully saturated rings. The monoisotopic (exact) mass is 155 g/mol. The molecule has 0 N–H and O–H groups in total. The van der Waals surface area contributed by atoms with Gasteiger partial charge in [-0.2, -0.15) is 0 Å². The Balaban J connectivity index is 0. The fraction of sp³-hybridized carbons (Fsp3) is 0. The molecule has 3 nitrogen and oxygen atoms in total. The SMILES string of the molecule is [C-]#[N+]N=C=[N-].[Y]. The number of hydrogen-bond donors (Lipinski definition) is 0. The minimum atomic E-state index is 0. The van der Waals surface area contributed by atoms with Gasteiger partial charge in [0.1, 0.15) is 0 Å². The number of hydrogen-bond acceptors (Lipinski definition) is 1. The van der Waals surface area contributed by atoms with Crippen molar-refractivity contribution in [3.8, 4) is 0 Å². The molecule has 6 heavy (non-hydrogen) atoms. The molecule has 0 unspecified atom stereocenters. The largest absolute Gasteiger partial charge is 0.417 e. The Kier molecular flexibility index (Phi) is 13.9. The average Bonchev–Trinajstić information content (AvgIpc) is 1.41. The molecule has 0 rings (SSSR count). The molecule has 0 bridgehead atoms. The third kappa shape index (κ3) is 9.02. The minimum Gasteiger partial charge on any atom is -0.417 e. The third-order valence-electron chi connectivity index (χ3n) is 0.0947. The van der Waals surface area contributed by atoms with Crippen molar-refractivity contribution in [3.05, 3.63) is 16.9 Å². The summed E-state index contributed by atoms with van der Waals surface area (Å²) in [5, 5.41) is 10.0. The Hall–Kier alpha value is -0.0261. The van der Waals surface area contributed by atoms with Gasteiger partial charge in [-0.25, -0.2) is 11.5 Å². The standard InChI is InChI=1S/C2N3.Y/c1-4-5-2-3;/q-1;. The predicted octanol–water partition coefficient (Wildman–Crippen LogP) is 0.561. The maximum atomic E-state index is 7.44. The molecule has 0 heterocycles. The summed E-state index contributed by atoms with van der Waals surface area (Å²) in [6.45, 7) is 5.84. The summed E-state index contributed by atoms with van der Waals surface area (Å²) in [7, 11) is 0. The Labute approximate surface area is 60.6 Å². The van der Waals surface area contributed by atoms with E-state index in [0.717, 1.165) is 0 Å². The smallest absolute Gasteiger partial charge is 0 e. The quantitative estimate of drug-likeness (QED) is 0.278. The van der Waals surface area contributed by atoms with Gasteiger partial charge in [0.25, 0.3) is 0 Å². The fourth-order valence-corrected chi connectivity index (χ4v) is 0.0224. The maximum Gasteiger partial charge on any atom is 0 e. The van der Waals surface area contributed by atoms with E-state index in [1.165, 1.54) is 6.01 Å². The molecule has 0 aromatic heterocycles. The molecule has 4 heteroatoms. The van der Waals surface area contributed by atoms with Gasteiger partial charge in [0, 0.05) is 32.7 Å². The van der Waals surface area contributed by atoms with E-state index in [4.69, 9.17) is 12.0 Å². The van der Waals surface area contributed by atoms with E-state index in [0.29, 0.717) is 0 Å². The first kappa shape index (κ1) is 9.36. The molecule has 0 aromatic carbocycles. The van der Waals surface area contributed by atoms with Crippen LogP contribution in [-0.2, 0) is 32.7 Å². The first-order valence-electron chi connectivity index (χ1n) is 0.871. The molecule has 0 amide bonds. The molecule has 0 atom stereocenters. The zero-order valence-corrected chi connectivity index (χ0v) is 5.76. The van der Waals surface area contributed by atoms with Crippen molar-refractivity contribution in [2.24, 2.45) is 5.10 Å². The van der Waals surface area contributed by atoms with Crippen molar-refractivity contribution in [2.45, 2.75) is 0 Å². The van der Waals surface area contributed by atoms with Gasteiger partial charge >= 0.3 is 0 Å². The summed E-state index contributed by atoms with van der Waals surface area (Å²) in [5.74, 6) is 0. The van der Waals surface area contributed by atoms with E-state index >= 15 is 0 Å². The first-order chi connectivity index (χ1) is 2.41. The third-order valence-corrected chi connectivity index (χ3v) is 0.0947. The van der Waals surface area contributed by atoms with Crippen LogP contribution in [0.4, 0.5) is 0 Å². The van der Waals surface area contributed by atoms with Gasteiger partial charge in [-0.05, 0) is 0 Å². The summed E-state index contributed by atoms with van der Waals surface area (Å²) in [6.07, 6.45) is 0. The maximum absolute atomic E-state index is 7.44. The second-order valence-electron chi connectivity index (χ2n) is 0.300. The second-order valence-corrected chi connectivity index (χ2v) is 0.300. The van der Waals surface area contributed by atoms with Crippen LogP contribution in [-0.4, -0.2) is 6.01 Å². The molecule has 0 spiro atoms. The van der Waals surface area contributed by atoms with Crippen LogP contribution in [0, 0.1) is 6.57 Å². The first-order valence-corrected chi connectivity index (χ1v) is 0.871. The van der Waals surface area contributed by atoms with Gasteiger partial charge in [0.15, 0.2) is 0 Å². The molecule has 27 valence electrons. The van der Waals surface area contributed by atoms with E-state index < -0.39 is 0 Å². The summed E-state index contributed by atoms with van der Waals surface area (Å²) in [4.78, 5) is 2.37. The van der Waals surface area contributed by atoms with Crippen LogP contribution in [0.3, 0.4) is 0 Å². The Morgan fingerprint density at radius 1 is 1.83 bits per heavy atom. The van der Waals surface area contributed by atoms with Crippen LogP contribution in [0.15, 0.2) is 5.10 Å². The van der Waals surface area contributed by atoms with E-state index in [2.05, 4.69) is 10.1 Å². The molecular formula is C2N3Y-. The summed E-state index contributed by atoms with van der Waals surface area (Å²) >= 11 is 0. The van der Waals surface area contributed by atoms with Gasteiger partial charge in [0.2, 0.25) is 0 Å². The van der Waals surface area contributed by atoms with Crippen LogP contribution in [0.5, 0.6) is 0 Å². The van der Waals surface area contributed by atoms with Gasteiger partial charge < -0.3 is 5.41 Å². The molecule has 0 aliphatic rings.